The lowest BCUT2D eigenvalue weighted by atomic mass is 10.00. The minimum atomic E-state index is -3.11. The topological polar surface area (TPSA) is 86.4 Å². The van der Waals surface area contributed by atoms with Crippen molar-refractivity contribution in [2.24, 2.45) is 5.41 Å². The highest BCUT2D eigenvalue weighted by Crippen LogP contribution is 2.47. The molecule has 1 aromatic rings. The molecule has 3 fully saturated rings. The number of fused-ring (bicyclic) bond motifs is 1. The maximum absolute atomic E-state index is 12.8. The van der Waals surface area contributed by atoms with E-state index in [-0.39, 0.29) is 34.9 Å². The quantitative estimate of drug-likeness (QED) is 0.847. The van der Waals surface area contributed by atoms with Gasteiger partial charge in [0.15, 0.2) is 9.84 Å². The van der Waals surface area contributed by atoms with Gasteiger partial charge in [-0.15, -0.1) is 0 Å². The third kappa shape index (κ3) is 2.65. The second kappa shape index (κ2) is 5.29. The van der Waals surface area contributed by atoms with Crippen molar-refractivity contribution in [1.29, 1.82) is 0 Å². The van der Waals surface area contributed by atoms with Crippen molar-refractivity contribution in [2.75, 3.05) is 24.6 Å². The predicted octanol–water partition coefficient (Wildman–Crippen LogP) is 0.328. The van der Waals surface area contributed by atoms with Crippen LogP contribution < -0.4 is 0 Å². The number of aromatic nitrogens is 2. The van der Waals surface area contributed by atoms with Gasteiger partial charge in [0.2, 0.25) is 5.91 Å². The highest BCUT2D eigenvalue weighted by atomic mass is 32.2. The average molecular weight is 352 g/mol. The van der Waals surface area contributed by atoms with E-state index < -0.39 is 9.84 Å². The van der Waals surface area contributed by atoms with Crippen molar-refractivity contribution >= 4 is 15.7 Å². The van der Waals surface area contributed by atoms with Gasteiger partial charge in [-0.2, -0.15) is 0 Å². The van der Waals surface area contributed by atoms with E-state index in [2.05, 4.69) is 14.9 Å². The molecule has 2 atom stereocenters. The molecule has 3 heterocycles. The maximum Gasteiger partial charge on any atom is 0.228 e. The number of carbonyl (C=O) groups excluding carboxylic acids is 1. The molecular weight excluding hydrogens is 328 g/mol. The lowest BCUT2D eigenvalue weighted by molar-refractivity contribution is -0.142. The summed E-state index contributed by atoms with van der Waals surface area (Å²) in [6, 6.07) is -0.334. The Labute approximate surface area is 142 Å². The van der Waals surface area contributed by atoms with Crippen LogP contribution in [-0.4, -0.2) is 70.8 Å². The van der Waals surface area contributed by atoms with Crippen molar-refractivity contribution < 1.29 is 13.2 Å². The number of hydrogen-bond donors (Lipinski definition) is 1. The molecular formula is C16H24N4O3S. The second-order valence-electron chi connectivity index (χ2n) is 7.72. The fourth-order valence-electron chi connectivity index (χ4n) is 3.96. The molecule has 4 rings (SSSR count). The molecule has 3 aliphatic rings. The molecule has 24 heavy (non-hydrogen) atoms. The number of carbonyl (C=O) groups is 1. The molecule has 1 N–H and O–H groups in total. The van der Waals surface area contributed by atoms with Crippen LogP contribution in [0.15, 0.2) is 6.33 Å². The zero-order valence-electron chi connectivity index (χ0n) is 14.2. The average Bonchev–Trinajstić information content (AvgIpc) is 3.00. The molecule has 1 aromatic heterocycles. The summed E-state index contributed by atoms with van der Waals surface area (Å²) in [5.74, 6) is 0.377. The summed E-state index contributed by atoms with van der Waals surface area (Å²) in [4.78, 5) is 24.3. The molecule has 2 aliphatic heterocycles. The number of aromatic amines is 1. The minimum Gasteiger partial charge on any atom is -0.348 e. The van der Waals surface area contributed by atoms with Crippen LogP contribution in [-0.2, 0) is 21.2 Å². The Kier molecular flexibility index (Phi) is 3.55. The van der Waals surface area contributed by atoms with E-state index >= 15 is 0 Å². The smallest absolute Gasteiger partial charge is 0.228 e. The van der Waals surface area contributed by atoms with Crippen LogP contribution in [0.1, 0.15) is 31.2 Å². The van der Waals surface area contributed by atoms with Crippen LogP contribution in [0.4, 0.5) is 0 Å². The van der Waals surface area contributed by atoms with Crippen molar-refractivity contribution in [1.82, 2.24) is 19.8 Å². The summed E-state index contributed by atoms with van der Waals surface area (Å²) < 4.78 is 24.5. The Bertz CT molecular complexity index is 768. The third-order valence-corrected chi connectivity index (χ3v) is 7.55. The summed E-state index contributed by atoms with van der Waals surface area (Å²) >= 11 is 0. The van der Waals surface area contributed by atoms with Crippen LogP contribution in [0, 0.1) is 12.3 Å². The van der Waals surface area contributed by atoms with Gasteiger partial charge in [-0.3, -0.25) is 9.69 Å². The number of nitrogens with one attached hydrogen (secondary N) is 1. The largest absolute Gasteiger partial charge is 0.348 e. The SMILES string of the molecule is Cc1[nH]cnc1CN1CCN(C(=O)C2(C)CC2)[C@H]2CS(=O)(=O)C[C@H]21. The van der Waals surface area contributed by atoms with Crippen molar-refractivity contribution in [3.8, 4) is 0 Å². The van der Waals surface area contributed by atoms with Crippen LogP contribution in [0.5, 0.6) is 0 Å². The van der Waals surface area contributed by atoms with E-state index in [0.717, 1.165) is 24.2 Å². The Morgan fingerprint density at radius 3 is 2.67 bits per heavy atom. The molecule has 7 nitrogen and oxygen atoms in total. The second-order valence-corrected chi connectivity index (χ2v) is 9.87. The van der Waals surface area contributed by atoms with Gasteiger partial charge in [0, 0.05) is 36.8 Å². The normalized spacial score (nSPS) is 31.0. The number of sulfone groups is 1. The van der Waals surface area contributed by atoms with Gasteiger partial charge in [0.1, 0.15) is 0 Å². The number of imidazole rings is 1. The summed E-state index contributed by atoms with van der Waals surface area (Å²) in [7, 11) is -3.11. The van der Waals surface area contributed by atoms with E-state index in [1.54, 1.807) is 6.33 Å². The molecule has 0 unspecified atom stereocenters. The first-order valence-corrected chi connectivity index (χ1v) is 10.4. The van der Waals surface area contributed by atoms with E-state index in [4.69, 9.17) is 0 Å². The molecule has 1 saturated carbocycles. The number of aryl methyl sites for hydroxylation is 1. The summed E-state index contributed by atoms with van der Waals surface area (Å²) in [5.41, 5.74) is 1.71. The number of hydrogen-bond acceptors (Lipinski definition) is 5. The fraction of sp³-hybridized carbons (Fsp3) is 0.750. The van der Waals surface area contributed by atoms with E-state index in [1.165, 1.54) is 0 Å². The molecule has 8 heteroatoms. The number of H-pyrrole nitrogens is 1. The molecule has 0 radical (unpaired) electrons. The zero-order chi connectivity index (χ0) is 17.1. The Balaban J connectivity index is 1.58. The summed E-state index contributed by atoms with van der Waals surface area (Å²) in [6.45, 7) is 5.90. The van der Waals surface area contributed by atoms with Crippen LogP contribution in [0.3, 0.4) is 0 Å². The summed E-state index contributed by atoms with van der Waals surface area (Å²) in [6.07, 6.45) is 3.51. The van der Waals surface area contributed by atoms with Gasteiger partial charge >= 0.3 is 0 Å². The molecule has 0 bridgehead atoms. The van der Waals surface area contributed by atoms with Crippen LogP contribution >= 0.6 is 0 Å². The maximum atomic E-state index is 12.8. The number of piperazine rings is 1. The van der Waals surface area contributed by atoms with E-state index in [1.807, 2.05) is 18.7 Å². The summed E-state index contributed by atoms with van der Waals surface area (Å²) in [5, 5.41) is 0. The Morgan fingerprint density at radius 1 is 1.33 bits per heavy atom. The molecule has 1 aliphatic carbocycles. The van der Waals surface area contributed by atoms with Gasteiger partial charge in [-0.1, -0.05) is 6.92 Å². The Morgan fingerprint density at radius 2 is 2.04 bits per heavy atom. The van der Waals surface area contributed by atoms with Crippen molar-refractivity contribution in [3.63, 3.8) is 0 Å². The monoisotopic (exact) mass is 352 g/mol. The highest BCUT2D eigenvalue weighted by Gasteiger charge is 2.54. The third-order valence-electron chi connectivity index (χ3n) is 5.86. The van der Waals surface area contributed by atoms with Crippen LogP contribution in [0.25, 0.3) is 0 Å². The van der Waals surface area contributed by atoms with Gasteiger partial charge in [0.05, 0.1) is 29.6 Å². The standard InChI is InChI=1S/C16H24N4O3S/c1-11-12(18-10-17-11)7-19-5-6-20(15(21)16(2)3-4-16)14-9-24(22,23)8-13(14)19/h10,13-14H,3-9H2,1-2H3,(H,17,18)/t13-,14+/m1/s1. The minimum absolute atomic E-state index is 0.0928. The molecule has 132 valence electrons. The predicted molar refractivity (Wildman–Crippen MR) is 89.0 cm³/mol. The van der Waals surface area contributed by atoms with Crippen molar-refractivity contribution in [2.45, 2.75) is 45.3 Å². The van der Waals surface area contributed by atoms with Gasteiger partial charge < -0.3 is 9.88 Å². The number of rotatable bonds is 3. The van der Waals surface area contributed by atoms with E-state index in [0.29, 0.717) is 19.6 Å². The number of nitrogens with zero attached hydrogens (tertiary/aromatic N) is 3. The van der Waals surface area contributed by atoms with E-state index in [9.17, 15) is 13.2 Å². The highest BCUT2D eigenvalue weighted by molar-refractivity contribution is 7.91. The Hall–Kier alpha value is -1.41. The molecule has 0 aromatic carbocycles. The molecule has 0 spiro atoms. The first-order valence-electron chi connectivity index (χ1n) is 8.53. The fourth-order valence-corrected chi connectivity index (χ4v) is 5.97. The number of amides is 1. The van der Waals surface area contributed by atoms with Gasteiger partial charge in [-0.05, 0) is 19.8 Å². The van der Waals surface area contributed by atoms with Crippen LogP contribution in [0.2, 0.25) is 0 Å². The molecule has 2 saturated heterocycles. The zero-order valence-corrected chi connectivity index (χ0v) is 15.0. The van der Waals surface area contributed by atoms with Gasteiger partial charge in [-0.25, -0.2) is 13.4 Å². The molecule has 1 amide bonds. The lowest BCUT2D eigenvalue weighted by Gasteiger charge is -2.44. The van der Waals surface area contributed by atoms with Gasteiger partial charge in [0.25, 0.3) is 0 Å². The first kappa shape index (κ1) is 16.1. The lowest BCUT2D eigenvalue weighted by Crippen LogP contribution is -2.61. The first-order chi connectivity index (χ1) is 11.3. The van der Waals surface area contributed by atoms with Crippen molar-refractivity contribution in [3.05, 3.63) is 17.7 Å².